The van der Waals surface area contributed by atoms with Gasteiger partial charge in [0.15, 0.2) is 5.16 Å². The lowest BCUT2D eigenvalue weighted by Gasteiger charge is -2.13. The van der Waals surface area contributed by atoms with Gasteiger partial charge < -0.3 is 10.1 Å². The molecule has 6 nitrogen and oxygen atoms in total. The van der Waals surface area contributed by atoms with Crippen molar-refractivity contribution in [2.24, 2.45) is 0 Å². The summed E-state index contributed by atoms with van der Waals surface area (Å²) in [7, 11) is 1.56. The van der Waals surface area contributed by atoms with E-state index in [9.17, 15) is 9.59 Å². The van der Waals surface area contributed by atoms with Crippen LogP contribution in [-0.2, 0) is 16.1 Å². The number of fused-ring (bicyclic) bond motifs is 1. The van der Waals surface area contributed by atoms with E-state index in [0.717, 1.165) is 5.56 Å². The third kappa shape index (κ3) is 5.30. The van der Waals surface area contributed by atoms with Gasteiger partial charge in [0.25, 0.3) is 5.56 Å². The van der Waals surface area contributed by atoms with Gasteiger partial charge in [-0.1, -0.05) is 41.0 Å². The molecule has 0 radical (unpaired) electrons. The molecule has 0 spiro atoms. The van der Waals surface area contributed by atoms with Crippen LogP contribution < -0.4 is 10.9 Å². The SMILES string of the molecule is COCCn1c(SCC(=O)Nc2cc(Cl)ccc2C)nc2cc(Cl)ccc2c1=O. The quantitative estimate of drug-likeness (QED) is 0.425. The lowest BCUT2D eigenvalue weighted by Crippen LogP contribution is -2.26. The molecule has 0 aliphatic rings. The predicted molar refractivity (Wildman–Crippen MR) is 118 cm³/mol. The lowest BCUT2D eigenvalue weighted by molar-refractivity contribution is -0.113. The molecule has 1 aromatic heterocycles. The molecule has 1 heterocycles. The van der Waals surface area contributed by atoms with Crippen molar-refractivity contribution in [3.05, 3.63) is 62.4 Å². The number of benzene rings is 2. The van der Waals surface area contributed by atoms with Crippen molar-refractivity contribution >= 4 is 57.5 Å². The van der Waals surface area contributed by atoms with Crippen molar-refractivity contribution in [3.63, 3.8) is 0 Å². The number of halogens is 2. The topological polar surface area (TPSA) is 73.2 Å². The maximum Gasteiger partial charge on any atom is 0.262 e. The molecule has 9 heteroatoms. The van der Waals surface area contributed by atoms with Crippen LogP contribution in [0.2, 0.25) is 10.0 Å². The number of aryl methyl sites for hydroxylation is 1. The number of thioether (sulfide) groups is 1. The Bertz CT molecular complexity index is 1120. The van der Waals surface area contributed by atoms with Gasteiger partial charge in [0.05, 0.1) is 29.8 Å². The summed E-state index contributed by atoms with van der Waals surface area (Å²) in [5, 5.41) is 4.77. The van der Waals surface area contributed by atoms with E-state index in [-0.39, 0.29) is 17.2 Å². The molecule has 29 heavy (non-hydrogen) atoms. The average Bonchev–Trinajstić information content (AvgIpc) is 2.68. The van der Waals surface area contributed by atoms with Gasteiger partial charge >= 0.3 is 0 Å². The van der Waals surface area contributed by atoms with Crippen LogP contribution in [-0.4, -0.2) is 34.9 Å². The fraction of sp³-hybridized carbons (Fsp3) is 0.250. The maximum absolute atomic E-state index is 12.9. The average molecular weight is 452 g/mol. The molecule has 0 fully saturated rings. The van der Waals surface area contributed by atoms with E-state index in [1.54, 1.807) is 37.4 Å². The Morgan fingerprint density at radius 1 is 1.21 bits per heavy atom. The first kappa shape index (κ1) is 21.6. The van der Waals surface area contributed by atoms with Crippen molar-refractivity contribution in [1.29, 1.82) is 0 Å². The normalized spacial score (nSPS) is 11.0. The number of aromatic nitrogens is 2. The largest absolute Gasteiger partial charge is 0.383 e. The minimum absolute atomic E-state index is 0.0808. The molecule has 3 aromatic rings. The summed E-state index contributed by atoms with van der Waals surface area (Å²) in [6, 6.07) is 10.2. The van der Waals surface area contributed by atoms with Gasteiger partial charge in [-0.3, -0.25) is 14.2 Å². The zero-order valence-corrected chi connectivity index (χ0v) is 18.2. The van der Waals surface area contributed by atoms with Gasteiger partial charge in [-0.15, -0.1) is 0 Å². The lowest BCUT2D eigenvalue weighted by atomic mass is 10.2. The van der Waals surface area contributed by atoms with E-state index in [1.807, 2.05) is 13.0 Å². The van der Waals surface area contributed by atoms with Gasteiger partial charge in [0, 0.05) is 22.8 Å². The van der Waals surface area contributed by atoms with Crippen LogP contribution in [0, 0.1) is 6.92 Å². The van der Waals surface area contributed by atoms with Crippen molar-refractivity contribution in [2.75, 3.05) is 24.8 Å². The Kier molecular flexibility index (Phi) is 7.18. The molecule has 2 aromatic carbocycles. The second-order valence-electron chi connectivity index (χ2n) is 6.30. The highest BCUT2D eigenvalue weighted by Crippen LogP contribution is 2.23. The highest BCUT2D eigenvalue weighted by atomic mass is 35.5. The maximum atomic E-state index is 12.9. The molecule has 0 aliphatic heterocycles. The number of methoxy groups -OCH3 is 1. The zero-order chi connectivity index (χ0) is 21.0. The number of rotatable bonds is 7. The van der Waals surface area contributed by atoms with Gasteiger partial charge in [0.2, 0.25) is 5.91 Å². The number of nitrogens with one attached hydrogen (secondary N) is 1. The highest BCUT2D eigenvalue weighted by molar-refractivity contribution is 7.99. The fourth-order valence-electron chi connectivity index (χ4n) is 2.71. The molecule has 3 rings (SSSR count). The first-order valence-electron chi connectivity index (χ1n) is 8.77. The summed E-state index contributed by atoms with van der Waals surface area (Å²) < 4.78 is 6.62. The second kappa shape index (κ2) is 9.63. The van der Waals surface area contributed by atoms with Crippen LogP contribution in [0.1, 0.15) is 5.56 Å². The van der Waals surface area contributed by atoms with Crippen molar-refractivity contribution in [1.82, 2.24) is 9.55 Å². The van der Waals surface area contributed by atoms with Crippen LogP contribution in [0.4, 0.5) is 5.69 Å². The number of carbonyl (C=O) groups is 1. The Labute approximate surface area is 182 Å². The fourth-order valence-corrected chi connectivity index (χ4v) is 3.87. The van der Waals surface area contributed by atoms with Crippen LogP contribution in [0.3, 0.4) is 0 Å². The molecule has 1 N–H and O–H groups in total. The molecule has 152 valence electrons. The van der Waals surface area contributed by atoms with Gasteiger partial charge in [-0.2, -0.15) is 0 Å². The van der Waals surface area contributed by atoms with E-state index in [4.69, 9.17) is 27.9 Å². The van der Waals surface area contributed by atoms with Crippen molar-refractivity contribution in [3.8, 4) is 0 Å². The summed E-state index contributed by atoms with van der Waals surface area (Å²) in [6.45, 7) is 2.57. The number of nitrogens with zero attached hydrogens (tertiary/aromatic N) is 2. The molecule has 0 saturated heterocycles. The van der Waals surface area contributed by atoms with E-state index in [2.05, 4.69) is 10.3 Å². The number of carbonyl (C=O) groups excluding carboxylic acids is 1. The highest BCUT2D eigenvalue weighted by Gasteiger charge is 2.14. The number of ether oxygens (including phenoxy) is 1. The second-order valence-corrected chi connectivity index (χ2v) is 8.12. The van der Waals surface area contributed by atoms with Gasteiger partial charge in [-0.05, 0) is 42.8 Å². The zero-order valence-electron chi connectivity index (χ0n) is 15.9. The van der Waals surface area contributed by atoms with E-state index >= 15 is 0 Å². The molecule has 1 amide bonds. The number of hydrogen-bond acceptors (Lipinski definition) is 5. The Morgan fingerprint density at radius 3 is 2.69 bits per heavy atom. The smallest absolute Gasteiger partial charge is 0.262 e. The summed E-state index contributed by atoms with van der Waals surface area (Å²) >= 11 is 13.2. The summed E-state index contributed by atoms with van der Waals surface area (Å²) in [6.07, 6.45) is 0. The summed E-state index contributed by atoms with van der Waals surface area (Å²) in [5.74, 6) is -0.142. The molecule has 0 saturated carbocycles. The Balaban J connectivity index is 1.85. The minimum Gasteiger partial charge on any atom is -0.383 e. The van der Waals surface area contributed by atoms with E-state index in [1.165, 1.54) is 16.3 Å². The Morgan fingerprint density at radius 2 is 1.93 bits per heavy atom. The molecule has 0 unspecified atom stereocenters. The number of amides is 1. The Hall–Kier alpha value is -2.06. The third-order valence-corrected chi connectivity index (χ3v) is 5.65. The van der Waals surface area contributed by atoms with Crippen LogP contribution >= 0.6 is 35.0 Å². The molecular formula is C20H19Cl2N3O3S. The molecule has 0 aliphatic carbocycles. The number of hydrogen-bond donors (Lipinski definition) is 1. The molecule has 0 atom stereocenters. The predicted octanol–water partition coefficient (Wildman–Crippen LogP) is 4.39. The van der Waals surface area contributed by atoms with Crippen LogP contribution in [0.25, 0.3) is 10.9 Å². The standard InChI is InChI=1S/C20H19Cl2N3O3S/c1-12-3-4-13(21)9-16(12)23-18(26)11-29-20-24-17-10-14(22)5-6-15(17)19(27)25(20)7-8-28-2/h3-6,9-10H,7-8,11H2,1-2H3,(H,23,26). The van der Waals surface area contributed by atoms with Crippen LogP contribution in [0.5, 0.6) is 0 Å². The number of anilines is 1. The monoisotopic (exact) mass is 451 g/mol. The summed E-state index contributed by atoms with van der Waals surface area (Å²) in [5.41, 5.74) is 1.85. The molecular weight excluding hydrogens is 433 g/mol. The van der Waals surface area contributed by atoms with Crippen LogP contribution in [0.15, 0.2) is 46.3 Å². The minimum atomic E-state index is -0.223. The molecule has 0 bridgehead atoms. The first-order chi connectivity index (χ1) is 13.9. The van der Waals surface area contributed by atoms with E-state index in [0.29, 0.717) is 44.9 Å². The van der Waals surface area contributed by atoms with Crippen molar-refractivity contribution < 1.29 is 9.53 Å². The van der Waals surface area contributed by atoms with Crippen molar-refractivity contribution in [2.45, 2.75) is 18.6 Å². The first-order valence-corrected chi connectivity index (χ1v) is 10.5. The van der Waals surface area contributed by atoms with Gasteiger partial charge in [-0.25, -0.2) is 4.98 Å². The van der Waals surface area contributed by atoms with E-state index < -0.39 is 0 Å². The van der Waals surface area contributed by atoms with Gasteiger partial charge in [0.1, 0.15) is 0 Å². The summed E-state index contributed by atoms with van der Waals surface area (Å²) in [4.78, 5) is 29.9. The third-order valence-electron chi connectivity index (χ3n) is 4.21.